The summed E-state index contributed by atoms with van der Waals surface area (Å²) < 4.78 is 26.0. The Labute approximate surface area is 136 Å². The van der Waals surface area contributed by atoms with Gasteiger partial charge in [0.15, 0.2) is 11.6 Å². The van der Waals surface area contributed by atoms with Crippen molar-refractivity contribution in [3.8, 4) is 0 Å². The highest BCUT2D eigenvalue weighted by Gasteiger charge is 2.25. The first kappa shape index (κ1) is 18.8. The third-order valence-corrected chi connectivity index (χ3v) is 4.23. The number of halogens is 3. The molecule has 2 N–H and O–H groups in total. The van der Waals surface area contributed by atoms with Crippen LogP contribution in [0.5, 0.6) is 0 Å². The van der Waals surface area contributed by atoms with Crippen molar-refractivity contribution in [2.45, 2.75) is 44.7 Å². The minimum Gasteiger partial charge on any atom is -0.341 e. The predicted molar refractivity (Wildman–Crippen MR) is 84.6 cm³/mol. The lowest BCUT2D eigenvalue weighted by Crippen LogP contribution is -2.37. The number of nitrogens with two attached hydrogens (primary N) is 1. The van der Waals surface area contributed by atoms with Gasteiger partial charge in [-0.25, -0.2) is 8.78 Å². The summed E-state index contributed by atoms with van der Waals surface area (Å²) in [7, 11) is 1.68. The summed E-state index contributed by atoms with van der Waals surface area (Å²) in [5, 5.41) is 0. The van der Waals surface area contributed by atoms with Crippen LogP contribution in [0.25, 0.3) is 0 Å². The van der Waals surface area contributed by atoms with Crippen LogP contribution in [0.15, 0.2) is 18.2 Å². The van der Waals surface area contributed by atoms with Crippen molar-refractivity contribution in [3.63, 3.8) is 0 Å². The Morgan fingerprint density at radius 1 is 1.27 bits per heavy atom. The number of carbonyl (C=O) groups is 1. The normalized spacial score (nSPS) is 21.1. The number of benzene rings is 1. The molecule has 2 atom stereocenters. The molecule has 2 rings (SSSR count). The summed E-state index contributed by atoms with van der Waals surface area (Å²) in [4.78, 5) is 13.8. The van der Waals surface area contributed by atoms with Crippen molar-refractivity contribution >= 4 is 18.3 Å². The lowest BCUT2D eigenvalue weighted by Gasteiger charge is -2.29. The van der Waals surface area contributed by atoms with E-state index in [4.69, 9.17) is 5.73 Å². The SMILES string of the molecule is CN(Cc1ccc(F)c(F)c1)C(=O)CC1CCCCC1N.Cl. The standard InChI is InChI=1S/C16H22F2N2O.ClH/c1-20(10-11-6-7-13(17)14(18)8-11)16(21)9-12-4-2-3-5-15(12)19;/h6-8,12,15H,2-5,9-10,19H2,1H3;1H. The third kappa shape index (κ3) is 4.92. The molecule has 0 heterocycles. The molecule has 2 unspecified atom stereocenters. The van der Waals surface area contributed by atoms with E-state index in [1.54, 1.807) is 11.9 Å². The van der Waals surface area contributed by atoms with Crippen LogP contribution >= 0.6 is 12.4 Å². The lowest BCUT2D eigenvalue weighted by molar-refractivity contribution is -0.131. The summed E-state index contributed by atoms with van der Waals surface area (Å²) in [6, 6.07) is 3.80. The van der Waals surface area contributed by atoms with E-state index in [2.05, 4.69) is 0 Å². The monoisotopic (exact) mass is 332 g/mol. The van der Waals surface area contributed by atoms with Gasteiger partial charge in [-0.1, -0.05) is 18.9 Å². The van der Waals surface area contributed by atoms with Gasteiger partial charge in [0.05, 0.1) is 0 Å². The molecular weight excluding hydrogens is 310 g/mol. The highest BCUT2D eigenvalue weighted by atomic mass is 35.5. The van der Waals surface area contributed by atoms with Crippen LogP contribution in [-0.2, 0) is 11.3 Å². The number of amides is 1. The van der Waals surface area contributed by atoms with Gasteiger partial charge in [-0.15, -0.1) is 12.4 Å². The topological polar surface area (TPSA) is 46.3 Å². The molecule has 1 aromatic carbocycles. The molecule has 3 nitrogen and oxygen atoms in total. The van der Waals surface area contributed by atoms with Crippen LogP contribution in [-0.4, -0.2) is 23.9 Å². The second-order valence-corrected chi connectivity index (χ2v) is 5.91. The van der Waals surface area contributed by atoms with Gasteiger partial charge in [0, 0.05) is 26.1 Å². The van der Waals surface area contributed by atoms with E-state index in [1.807, 2.05) is 0 Å². The molecule has 6 heteroatoms. The van der Waals surface area contributed by atoms with E-state index >= 15 is 0 Å². The van der Waals surface area contributed by atoms with Crippen molar-refractivity contribution in [1.29, 1.82) is 0 Å². The molecule has 1 aromatic rings. The number of nitrogens with zero attached hydrogens (tertiary/aromatic N) is 1. The first-order valence-electron chi connectivity index (χ1n) is 7.41. The fourth-order valence-electron chi connectivity index (χ4n) is 2.87. The molecule has 1 fully saturated rings. The highest BCUT2D eigenvalue weighted by molar-refractivity contribution is 5.85. The zero-order chi connectivity index (χ0) is 15.4. The Balaban J connectivity index is 0.00000242. The van der Waals surface area contributed by atoms with Crippen molar-refractivity contribution in [2.75, 3.05) is 7.05 Å². The number of rotatable bonds is 4. The molecule has 22 heavy (non-hydrogen) atoms. The zero-order valence-electron chi connectivity index (χ0n) is 12.7. The summed E-state index contributed by atoms with van der Waals surface area (Å²) >= 11 is 0. The van der Waals surface area contributed by atoms with Gasteiger partial charge in [-0.2, -0.15) is 0 Å². The second kappa shape index (κ2) is 8.44. The molecular formula is C16H23ClF2N2O. The molecule has 0 radical (unpaired) electrons. The maximum Gasteiger partial charge on any atom is 0.222 e. The molecule has 1 aliphatic carbocycles. The average Bonchev–Trinajstić information content (AvgIpc) is 2.45. The van der Waals surface area contributed by atoms with Crippen LogP contribution in [0, 0.1) is 17.6 Å². The molecule has 0 spiro atoms. The van der Waals surface area contributed by atoms with Crippen molar-refractivity contribution < 1.29 is 13.6 Å². The molecule has 1 amide bonds. The summed E-state index contributed by atoms with van der Waals surface area (Å²) in [5.41, 5.74) is 6.64. The summed E-state index contributed by atoms with van der Waals surface area (Å²) in [6.07, 6.45) is 4.66. The number of hydrogen-bond donors (Lipinski definition) is 1. The van der Waals surface area contributed by atoms with Crippen LogP contribution in [0.1, 0.15) is 37.7 Å². The lowest BCUT2D eigenvalue weighted by atomic mass is 9.83. The Morgan fingerprint density at radius 3 is 2.59 bits per heavy atom. The Bertz CT molecular complexity index is 513. The van der Waals surface area contributed by atoms with Crippen LogP contribution < -0.4 is 5.73 Å². The van der Waals surface area contributed by atoms with E-state index in [0.717, 1.165) is 37.8 Å². The van der Waals surface area contributed by atoms with E-state index in [0.29, 0.717) is 12.0 Å². The van der Waals surface area contributed by atoms with E-state index < -0.39 is 11.6 Å². The van der Waals surface area contributed by atoms with E-state index in [9.17, 15) is 13.6 Å². The zero-order valence-corrected chi connectivity index (χ0v) is 13.5. The smallest absolute Gasteiger partial charge is 0.222 e. The van der Waals surface area contributed by atoms with Gasteiger partial charge in [-0.3, -0.25) is 4.79 Å². The Morgan fingerprint density at radius 2 is 1.95 bits per heavy atom. The largest absolute Gasteiger partial charge is 0.341 e. The Hall–Kier alpha value is -1.20. The van der Waals surface area contributed by atoms with Gasteiger partial charge >= 0.3 is 0 Å². The van der Waals surface area contributed by atoms with Crippen LogP contribution in [0.4, 0.5) is 8.78 Å². The second-order valence-electron chi connectivity index (χ2n) is 5.91. The highest BCUT2D eigenvalue weighted by Crippen LogP contribution is 2.26. The molecule has 0 saturated heterocycles. The quantitative estimate of drug-likeness (QED) is 0.920. The molecule has 0 bridgehead atoms. The molecule has 1 saturated carbocycles. The molecule has 0 aliphatic heterocycles. The maximum absolute atomic E-state index is 13.2. The predicted octanol–water partition coefficient (Wildman–Crippen LogP) is 3.25. The Kier molecular flexibility index (Phi) is 7.23. The first-order chi connectivity index (χ1) is 9.97. The minimum atomic E-state index is -0.886. The van der Waals surface area contributed by atoms with Crippen LogP contribution in [0.3, 0.4) is 0 Å². The molecule has 124 valence electrons. The number of carbonyl (C=O) groups excluding carboxylic acids is 1. The fourth-order valence-corrected chi connectivity index (χ4v) is 2.87. The van der Waals surface area contributed by atoms with Gasteiger partial charge in [-0.05, 0) is 36.5 Å². The summed E-state index contributed by atoms with van der Waals surface area (Å²) in [5.74, 6) is -1.52. The van der Waals surface area contributed by atoms with Gasteiger partial charge in [0.2, 0.25) is 5.91 Å². The van der Waals surface area contributed by atoms with E-state index in [-0.39, 0.29) is 36.8 Å². The minimum absolute atomic E-state index is 0. The molecule has 1 aliphatic rings. The van der Waals surface area contributed by atoms with Crippen molar-refractivity contribution in [3.05, 3.63) is 35.4 Å². The molecule has 0 aromatic heterocycles. The number of hydrogen-bond acceptors (Lipinski definition) is 2. The maximum atomic E-state index is 13.2. The summed E-state index contributed by atoms with van der Waals surface area (Å²) in [6.45, 7) is 0.276. The van der Waals surface area contributed by atoms with Crippen LogP contribution in [0.2, 0.25) is 0 Å². The first-order valence-corrected chi connectivity index (χ1v) is 7.41. The van der Waals surface area contributed by atoms with Gasteiger partial charge in [0.25, 0.3) is 0 Å². The fraction of sp³-hybridized carbons (Fsp3) is 0.562. The third-order valence-electron chi connectivity index (χ3n) is 4.23. The van der Waals surface area contributed by atoms with Gasteiger partial charge in [0.1, 0.15) is 0 Å². The van der Waals surface area contributed by atoms with Crippen molar-refractivity contribution in [2.24, 2.45) is 11.7 Å². The van der Waals surface area contributed by atoms with E-state index in [1.165, 1.54) is 6.07 Å². The average molecular weight is 333 g/mol. The van der Waals surface area contributed by atoms with Crippen molar-refractivity contribution in [1.82, 2.24) is 4.90 Å². The van der Waals surface area contributed by atoms with Gasteiger partial charge < -0.3 is 10.6 Å².